The van der Waals surface area contributed by atoms with Crippen LogP contribution in [0.2, 0.25) is 0 Å². The van der Waals surface area contributed by atoms with E-state index >= 15 is 0 Å². The summed E-state index contributed by atoms with van der Waals surface area (Å²) in [7, 11) is -3.97. The van der Waals surface area contributed by atoms with Crippen LogP contribution in [0.3, 0.4) is 0 Å². The maximum Gasteiger partial charge on any atom is 0.269 e. The van der Waals surface area contributed by atoms with Crippen LogP contribution in [0.4, 0.5) is 5.69 Å². The van der Waals surface area contributed by atoms with E-state index in [2.05, 4.69) is 9.97 Å². The highest BCUT2D eigenvalue weighted by Gasteiger charge is 2.24. The lowest BCUT2D eigenvalue weighted by Crippen LogP contribution is -2.16. The Labute approximate surface area is 173 Å². The van der Waals surface area contributed by atoms with E-state index in [0.717, 1.165) is 5.69 Å². The molecule has 0 radical (unpaired) electrons. The number of para-hydroxylation sites is 2. The van der Waals surface area contributed by atoms with Crippen molar-refractivity contribution in [2.24, 2.45) is 0 Å². The first-order valence-corrected chi connectivity index (χ1v) is 10.8. The fourth-order valence-electron chi connectivity index (χ4n) is 3.30. The Hall–Kier alpha value is -3.59. The molecule has 0 bridgehead atoms. The highest BCUT2D eigenvalue weighted by atomic mass is 32.2. The monoisotopic (exact) mass is 422 g/mol. The van der Waals surface area contributed by atoms with Crippen LogP contribution in [0, 0.1) is 10.1 Å². The lowest BCUT2D eigenvalue weighted by atomic mass is 10.2. The van der Waals surface area contributed by atoms with E-state index < -0.39 is 14.9 Å². The smallest absolute Gasteiger partial charge is 0.261 e. The quantitative estimate of drug-likeness (QED) is 0.331. The molecule has 0 unspecified atom stereocenters. The summed E-state index contributed by atoms with van der Waals surface area (Å²) in [5.74, 6) is 0.422. The molecule has 0 saturated heterocycles. The molecule has 0 fully saturated rings. The molecule has 0 aliphatic heterocycles. The maximum atomic E-state index is 13.4. The van der Waals surface area contributed by atoms with Crippen LogP contribution in [-0.4, -0.2) is 27.3 Å². The number of nitrogens with zero attached hydrogens (tertiary/aromatic N) is 4. The number of pyridine rings is 1. The van der Waals surface area contributed by atoms with Gasteiger partial charge in [-0.25, -0.2) is 17.4 Å². The Morgan fingerprint density at radius 2 is 1.67 bits per heavy atom. The van der Waals surface area contributed by atoms with Gasteiger partial charge in [0.2, 0.25) is 0 Å². The third-order valence-electron chi connectivity index (χ3n) is 4.73. The number of benzene rings is 2. The van der Waals surface area contributed by atoms with Crippen LogP contribution in [0.15, 0.2) is 77.8 Å². The molecule has 30 heavy (non-hydrogen) atoms. The largest absolute Gasteiger partial charge is 0.269 e. The molecule has 4 aromatic rings. The number of hydrogen-bond acceptors (Lipinski definition) is 6. The number of nitro groups is 1. The molecule has 9 heteroatoms. The fourth-order valence-corrected chi connectivity index (χ4v) is 4.81. The Kier molecular flexibility index (Phi) is 5.28. The standard InChI is InChI=1S/C21H18N4O4S/c26-25(27)17-11-13-18(14-12-17)30(28,29)24-20-9-2-1-8-19(20)23-21(24)10-5-7-16-6-3-4-15-22-16/h1-4,6,8-9,11-15H,5,7,10H2. The van der Waals surface area contributed by atoms with Crippen molar-refractivity contribution in [2.45, 2.75) is 24.2 Å². The van der Waals surface area contributed by atoms with Gasteiger partial charge < -0.3 is 0 Å². The second kappa shape index (κ2) is 8.03. The van der Waals surface area contributed by atoms with E-state index in [1.54, 1.807) is 30.5 Å². The zero-order valence-corrected chi connectivity index (χ0v) is 16.7. The average Bonchev–Trinajstić information content (AvgIpc) is 3.13. The Bertz CT molecular complexity index is 1300. The average molecular weight is 422 g/mol. The van der Waals surface area contributed by atoms with Gasteiger partial charge >= 0.3 is 0 Å². The fraction of sp³-hybridized carbons (Fsp3) is 0.143. The normalized spacial score (nSPS) is 11.6. The van der Waals surface area contributed by atoms with Gasteiger partial charge in [-0.05, 0) is 49.2 Å². The third kappa shape index (κ3) is 3.79. The van der Waals surface area contributed by atoms with Crippen molar-refractivity contribution < 1.29 is 13.3 Å². The minimum atomic E-state index is -3.97. The van der Waals surface area contributed by atoms with E-state index in [0.29, 0.717) is 36.1 Å². The van der Waals surface area contributed by atoms with Crippen molar-refractivity contribution in [3.63, 3.8) is 0 Å². The number of hydrogen-bond donors (Lipinski definition) is 0. The molecule has 0 amide bonds. The Morgan fingerprint density at radius 1 is 0.933 bits per heavy atom. The van der Waals surface area contributed by atoms with E-state index in [1.807, 2.05) is 18.2 Å². The minimum Gasteiger partial charge on any atom is -0.261 e. The van der Waals surface area contributed by atoms with Crippen molar-refractivity contribution >= 4 is 26.7 Å². The van der Waals surface area contributed by atoms with Gasteiger partial charge in [0.1, 0.15) is 5.82 Å². The number of rotatable bonds is 7. The zero-order chi connectivity index (χ0) is 21.1. The minimum absolute atomic E-state index is 0.0257. The van der Waals surface area contributed by atoms with E-state index in [-0.39, 0.29) is 10.6 Å². The van der Waals surface area contributed by atoms with Gasteiger partial charge in [-0.2, -0.15) is 0 Å². The molecule has 2 aromatic carbocycles. The predicted molar refractivity (Wildman–Crippen MR) is 112 cm³/mol. The van der Waals surface area contributed by atoms with Gasteiger partial charge in [0.15, 0.2) is 0 Å². The molecule has 4 rings (SSSR count). The number of aryl methyl sites for hydroxylation is 2. The van der Waals surface area contributed by atoms with Crippen molar-refractivity contribution in [1.29, 1.82) is 0 Å². The lowest BCUT2D eigenvalue weighted by Gasteiger charge is -2.10. The molecule has 152 valence electrons. The summed E-state index contributed by atoms with van der Waals surface area (Å²) in [6.45, 7) is 0. The van der Waals surface area contributed by atoms with Crippen LogP contribution in [0.25, 0.3) is 11.0 Å². The first kappa shape index (κ1) is 19.7. The molecule has 0 spiro atoms. The summed E-state index contributed by atoms with van der Waals surface area (Å²) in [5.41, 5.74) is 1.82. The molecule has 0 aliphatic rings. The first-order chi connectivity index (χ1) is 14.5. The summed E-state index contributed by atoms with van der Waals surface area (Å²) < 4.78 is 28.0. The summed E-state index contributed by atoms with van der Waals surface area (Å²) in [6, 6.07) is 17.6. The highest BCUT2D eigenvalue weighted by molar-refractivity contribution is 7.90. The van der Waals surface area contributed by atoms with Gasteiger partial charge in [0.25, 0.3) is 15.7 Å². The van der Waals surface area contributed by atoms with E-state index in [4.69, 9.17) is 0 Å². The van der Waals surface area contributed by atoms with E-state index in [1.165, 1.54) is 28.2 Å². The Balaban J connectivity index is 1.71. The maximum absolute atomic E-state index is 13.4. The molecule has 2 aromatic heterocycles. The van der Waals surface area contributed by atoms with Crippen LogP contribution in [0.1, 0.15) is 17.9 Å². The van der Waals surface area contributed by atoms with Gasteiger partial charge in [0, 0.05) is 30.4 Å². The van der Waals surface area contributed by atoms with Gasteiger partial charge in [-0.15, -0.1) is 0 Å². The molecular weight excluding hydrogens is 404 g/mol. The van der Waals surface area contributed by atoms with Gasteiger partial charge in [-0.3, -0.25) is 15.1 Å². The number of non-ortho nitro benzene ring substituents is 1. The number of nitro benzene ring substituents is 1. The predicted octanol–water partition coefficient (Wildman–Crippen LogP) is 3.75. The van der Waals surface area contributed by atoms with E-state index in [9.17, 15) is 18.5 Å². The SMILES string of the molecule is O=[N+]([O-])c1ccc(S(=O)(=O)n2c(CCCc3ccccn3)nc3ccccc32)cc1. The molecule has 8 nitrogen and oxygen atoms in total. The van der Waals surface area contributed by atoms with Gasteiger partial charge in [-0.1, -0.05) is 18.2 Å². The molecule has 0 atom stereocenters. The van der Waals surface area contributed by atoms with Crippen molar-refractivity contribution in [1.82, 2.24) is 13.9 Å². The molecule has 2 heterocycles. The number of imidazole rings is 1. The van der Waals surface area contributed by atoms with Crippen LogP contribution in [-0.2, 0) is 22.9 Å². The summed E-state index contributed by atoms with van der Waals surface area (Å²) in [6.07, 6.45) is 3.54. The molecule has 0 N–H and O–H groups in total. The summed E-state index contributed by atoms with van der Waals surface area (Å²) in [4.78, 5) is 19.1. The van der Waals surface area contributed by atoms with Crippen LogP contribution < -0.4 is 0 Å². The summed E-state index contributed by atoms with van der Waals surface area (Å²) in [5, 5.41) is 10.9. The highest BCUT2D eigenvalue weighted by Crippen LogP contribution is 2.25. The second-order valence-electron chi connectivity index (χ2n) is 6.71. The summed E-state index contributed by atoms with van der Waals surface area (Å²) >= 11 is 0. The topological polar surface area (TPSA) is 108 Å². The van der Waals surface area contributed by atoms with Crippen molar-refractivity contribution in [2.75, 3.05) is 0 Å². The molecule has 0 saturated carbocycles. The van der Waals surface area contributed by atoms with Gasteiger partial charge in [0.05, 0.1) is 20.9 Å². The van der Waals surface area contributed by atoms with Crippen LogP contribution in [0.5, 0.6) is 0 Å². The van der Waals surface area contributed by atoms with Crippen LogP contribution >= 0.6 is 0 Å². The zero-order valence-electron chi connectivity index (χ0n) is 15.9. The Morgan fingerprint density at radius 3 is 2.37 bits per heavy atom. The first-order valence-electron chi connectivity index (χ1n) is 9.33. The van der Waals surface area contributed by atoms with Crippen molar-refractivity contribution in [3.8, 4) is 0 Å². The molecular formula is C21H18N4O4S. The lowest BCUT2D eigenvalue weighted by molar-refractivity contribution is -0.384. The second-order valence-corrected chi connectivity index (χ2v) is 8.50. The van der Waals surface area contributed by atoms with Crippen molar-refractivity contribution in [3.05, 3.63) is 94.6 Å². The molecule has 0 aliphatic carbocycles. The third-order valence-corrected chi connectivity index (χ3v) is 6.49. The number of fused-ring (bicyclic) bond motifs is 1. The number of aromatic nitrogens is 3.